The Morgan fingerprint density at radius 1 is 0.972 bits per heavy atom. The van der Waals surface area contributed by atoms with Crippen LogP contribution in [0, 0.1) is 13.8 Å². The molecule has 0 fully saturated rings. The molecule has 3 aromatic rings. The van der Waals surface area contributed by atoms with Crippen LogP contribution in [0.3, 0.4) is 0 Å². The quantitative estimate of drug-likeness (QED) is 0.300. The van der Waals surface area contributed by atoms with Gasteiger partial charge in [-0.2, -0.15) is 0 Å². The topological polar surface area (TPSA) is 115 Å². The fourth-order valence-electron chi connectivity index (χ4n) is 3.80. The number of aromatic amines is 1. The Hall–Kier alpha value is -3.91. The van der Waals surface area contributed by atoms with Crippen LogP contribution >= 0.6 is 11.6 Å². The summed E-state index contributed by atoms with van der Waals surface area (Å²) in [4.78, 5) is 53.3. The molecule has 0 aliphatic carbocycles. The summed E-state index contributed by atoms with van der Waals surface area (Å²) in [5, 5.41) is 3.10. The number of H-pyrrole nitrogens is 1. The number of amides is 1. The largest absolute Gasteiger partial charge is 0.462 e. The number of hydrogen-bond donors (Lipinski definition) is 2. The summed E-state index contributed by atoms with van der Waals surface area (Å²) >= 11 is 6.14. The first-order chi connectivity index (χ1) is 17.2. The van der Waals surface area contributed by atoms with E-state index in [0.29, 0.717) is 16.8 Å². The third-order valence-electron chi connectivity index (χ3n) is 5.56. The van der Waals surface area contributed by atoms with E-state index in [9.17, 15) is 19.2 Å². The number of nitrogens with one attached hydrogen (secondary N) is 2. The van der Waals surface area contributed by atoms with E-state index in [1.54, 1.807) is 69.3 Å². The van der Waals surface area contributed by atoms with Crippen LogP contribution in [0.1, 0.15) is 67.4 Å². The zero-order valence-corrected chi connectivity index (χ0v) is 21.0. The molecule has 0 saturated carbocycles. The zero-order valence-electron chi connectivity index (χ0n) is 20.2. The van der Waals surface area contributed by atoms with Gasteiger partial charge in [0.2, 0.25) is 5.78 Å². The van der Waals surface area contributed by atoms with Gasteiger partial charge in [0.1, 0.15) is 0 Å². The van der Waals surface area contributed by atoms with Gasteiger partial charge in [-0.15, -0.1) is 0 Å². The Morgan fingerprint density at radius 2 is 1.64 bits per heavy atom. The minimum absolute atomic E-state index is 0.176. The van der Waals surface area contributed by atoms with Crippen LogP contribution in [0.25, 0.3) is 0 Å². The smallest absolute Gasteiger partial charge is 0.340 e. The number of halogens is 1. The van der Waals surface area contributed by atoms with E-state index in [2.05, 4.69) is 10.3 Å². The van der Waals surface area contributed by atoms with Gasteiger partial charge in [0.15, 0.2) is 6.61 Å². The molecule has 3 rings (SSSR count). The van der Waals surface area contributed by atoms with Crippen molar-refractivity contribution in [3.8, 4) is 0 Å². The first-order valence-corrected chi connectivity index (χ1v) is 11.8. The predicted molar refractivity (Wildman–Crippen MR) is 134 cm³/mol. The Balaban J connectivity index is 1.69. The normalized spacial score (nSPS) is 11.4. The Labute approximate surface area is 213 Å². The van der Waals surface area contributed by atoms with Gasteiger partial charge in [-0.3, -0.25) is 14.4 Å². The number of esters is 2. The fraction of sp³-hybridized carbons (Fsp3) is 0.259. The summed E-state index contributed by atoms with van der Waals surface area (Å²) in [6.07, 6.45) is -0.204. The molecule has 0 aliphatic rings. The van der Waals surface area contributed by atoms with Crippen LogP contribution in [-0.4, -0.2) is 41.8 Å². The highest BCUT2D eigenvalue weighted by Gasteiger charge is 2.25. The first kappa shape index (κ1) is 26.7. The monoisotopic (exact) mass is 510 g/mol. The highest BCUT2D eigenvalue weighted by Crippen LogP contribution is 2.22. The summed E-state index contributed by atoms with van der Waals surface area (Å²) < 4.78 is 10.3. The van der Waals surface area contributed by atoms with Crippen LogP contribution in [0.15, 0.2) is 54.6 Å². The number of benzene rings is 2. The SMILES string of the molecule is CCOC(=O)c1c(C)[nH]c(C(=O)COC(=O)C[C@H](NC(=O)c2ccccc2Cl)c2ccccc2)c1C. The van der Waals surface area contributed by atoms with Crippen molar-refractivity contribution < 1.29 is 28.7 Å². The second-order valence-electron chi connectivity index (χ2n) is 8.05. The van der Waals surface area contributed by atoms with Gasteiger partial charge in [0, 0.05) is 5.69 Å². The van der Waals surface area contributed by atoms with Gasteiger partial charge in [-0.05, 0) is 44.0 Å². The maximum Gasteiger partial charge on any atom is 0.340 e. The Kier molecular flexibility index (Phi) is 9.02. The van der Waals surface area contributed by atoms with E-state index in [1.165, 1.54) is 0 Å². The van der Waals surface area contributed by atoms with Crippen LogP contribution in [0.5, 0.6) is 0 Å². The molecule has 0 unspecified atom stereocenters. The van der Waals surface area contributed by atoms with Gasteiger partial charge in [-0.1, -0.05) is 54.1 Å². The highest BCUT2D eigenvalue weighted by atomic mass is 35.5. The number of ether oxygens (including phenoxy) is 2. The van der Waals surface area contributed by atoms with E-state index < -0.39 is 36.3 Å². The number of aromatic nitrogens is 1. The molecular weight excluding hydrogens is 484 g/mol. The summed E-state index contributed by atoms with van der Waals surface area (Å²) in [5.41, 5.74) is 2.36. The molecule has 2 aromatic carbocycles. The van der Waals surface area contributed by atoms with Crippen LogP contribution in [0.4, 0.5) is 0 Å². The molecule has 1 amide bonds. The lowest BCUT2D eigenvalue weighted by atomic mass is 10.0. The fourth-order valence-corrected chi connectivity index (χ4v) is 4.02. The zero-order chi connectivity index (χ0) is 26.2. The van der Waals surface area contributed by atoms with E-state index in [4.69, 9.17) is 21.1 Å². The number of Topliss-reactive ketones (excluding diaryl/α,β-unsaturated/α-hetero) is 1. The Morgan fingerprint density at radius 3 is 2.31 bits per heavy atom. The first-order valence-electron chi connectivity index (χ1n) is 11.4. The van der Waals surface area contributed by atoms with Crippen molar-refractivity contribution in [3.05, 3.63) is 93.3 Å². The second kappa shape index (κ2) is 12.2. The molecule has 0 radical (unpaired) electrons. The van der Waals surface area contributed by atoms with E-state index in [-0.39, 0.29) is 34.9 Å². The average molecular weight is 511 g/mol. The van der Waals surface area contributed by atoms with Crippen molar-refractivity contribution in [1.29, 1.82) is 0 Å². The maximum absolute atomic E-state index is 12.8. The van der Waals surface area contributed by atoms with Crippen LogP contribution < -0.4 is 5.32 Å². The molecule has 0 aliphatic heterocycles. The molecule has 36 heavy (non-hydrogen) atoms. The summed E-state index contributed by atoms with van der Waals surface area (Å²) in [5.74, 6) is -2.14. The van der Waals surface area contributed by atoms with Crippen molar-refractivity contribution in [2.45, 2.75) is 33.2 Å². The van der Waals surface area contributed by atoms with Gasteiger partial charge in [0.25, 0.3) is 5.91 Å². The second-order valence-corrected chi connectivity index (χ2v) is 8.46. The van der Waals surface area contributed by atoms with E-state index in [0.717, 1.165) is 0 Å². The van der Waals surface area contributed by atoms with Gasteiger partial charge < -0.3 is 19.8 Å². The van der Waals surface area contributed by atoms with Gasteiger partial charge >= 0.3 is 11.9 Å². The van der Waals surface area contributed by atoms with Crippen molar-refractivity contribution in [3.63, 3.8) is 0 Å². The van der Waals surface area contributed by atoms with E-state index >= 15 is 0 Å². The molecular formula is C27H27ClN2O6. The minimum Gasteiger partial charge on any atom is -0.462 e. The van der Waals surface area contributed by atoms with Crippen molar-refractivity contribution in [1.82, 2.24) is 10.3 Å². The lowest BCUT2D eigenvalue weighted by Crippen LogP contribution is -2.31. The Bertz CT molecular complexity index is 1270. The van der Waals surface area contributed by atoms with Crippen LogP contribution in [0.2, 0.25) is 5.02 Å². The lowest BCUT2D eigenvalue weighted by molar-refractivity contribution is -0.143. The molecule has 0 saturated heterocycles. The van der Waals surface area contributed by atoms with Crippen molar-refractivity contribution in [2.75, 3.05) is 13.2 Å². The highest BCUT2D eigenvalue weighted by molar-refractivity contribution is 6.33. The molecule has 1 aromatic heterocycles. The van der Waals surface area contributed by atoms with Crippen molar-refractivity contribution >= 4 is 35.2 Å². The number of hydrogen-bond acceptors (Lipinski definition) is 6. The standard InChI is InChI=1S/C27H27ClN2O6/c1-4-35-27(34)24-16(2)25(29-17(24)3)22(31)15-36-23(32)14-21(18-10-6-5-7-11-18)30-26(33)19-12-8-9-13-20(19)28/h5-13,21,29H,4,14-15H2,1-3H3,(H,30,33)/t21-/m0/s1. The molecule has 9 heteroatoms. The minimum atomic E-state index is -0.706. The van der Waals surface area contributed by atoms with E-state index in [1.807, 2.05) is 6.07 Å². The number of carbonyl (C=O) groups excluding carboxylic acids is 4. The average Bonchev–Trinajstić information content (AvgIpc) is 3.16. The summed E-state index contributed by atoms with van der Waals surface area (Å²) in [6, 6.07) is 14.8. The number of aryl methyl sites for hydroxylation is 1. The summed E-state index contributed by atoms with van der Waals surface area (Å²) in [6.45, 7) is 4.66. The molecule has 2 N–H and O–H groups in total. The third kappa shape index (κ3) is 6.40. The summed E-state index contributed by atoms with van der Waals surface area (Å²) in [7, 11) is 0. The molecule has 0 spiro atoms. The van der Waals surface area contributed by atoms with Crippen molar-refractivity contribution in [2.24, 2.45) is 0 Å². The third-order valence-corrected chi connectivity index (χ3v) is 5.89. The predicted octanol–water partition coefficient (Wildman–Crippen LogP) is 4.75. The van der Waals surface area contributed by atoms with Crippen LogP contribution in [-0.2, 0) is 14.3 Å². The molecule has 188 valence electrons. The molecule has 8 nitrogen and oxygen atoms in total. The van der Waals surface area contributed by atoms with Gasteiger partial charge in [-0.25, -0.2) is 4.79 Å². The number of ketones is 1. The van der Waals surface area contributed by atoms with Gasteiger partial charge in [0.05, 0.1) is 40.9 Å². The number of carbonyl (C=O) groups is 4. The lowest BCUT2D eigenvalue weighted by Gasteiger charge is -2.19. The molecule has 1 heterocycles. The maximum atomic E-state index is 12.8. The molecule has 1 atom stereocenters. The number of rotatable bonds is 10. The molecule has 0 bridgehead atoms.